The third-order valence-corrected chi connectivity index (χ3v) is 2.73. The molecule has 1 rings (SSSR count). The van der Waals surface area contributed by atoms with Crippen molar-refractivity contribution in [2.45, 2.75) is 26.9 Å². The molecule has 0 aliphatic rings. The zero-order valence-corrected chi connectivity index (χ0v) is 10.6. The summed E-state index contributed by atoms with van der Waals surface area (Å²) in [4.78, 5) is 22.5. The van der Waals surface area contributed by atoms with E-state index in [0.717, 1.165) is 5.56 Å². The maximum absolute atomic E-state index is 11.8. The lowest BCUT2D eigenvalue weighted by Crippen LogP contribution is -2.25. The van der Waals surface area contributed by atoms with Crippen molar-refractivity contribution in [3.8, 4) is 0 Å². The Kier molecular flexibility index (Phi) is 5.36. The van der Waals surface area contributed by atoms with E-state index in [1.807, 2.05) is 44.2 Å². The Hall–Kier alpha value is -1.84. The monoisotopic (exact) mass is 250 g/mol. The summed E-state index contributed by atoms with van der Waals surface area (Å²) in [5, 5.41) is 8.76. The number of rotatable bonds is 6. The summed E-state index contributed by atoms with van der Waals surface area (Å²) in [6.07, 6.45) is -0.189. The second kappa shape index (κ2) is 6.79. The molecule has 1 atom stereocenters. The van der Waals surface area contributed by atoms with Gasteiger partial charge in [-0.2, -0.15) is 0 Å². The molecule has 1 unspecified atom stereocenters. The molecule has 1 aromatic carbocycles. The number of carbonyl (C=O) groups is 2. The minimum Gasteiger partial charge on any atom is -0.481 e. The van der Waals surface area contributed by atoms with Gasteiger partial charge in [-0.3, -0.25) is 9.59 Å². The lowest BCUT2D eigenvalue weighted by atomic mass is 9.93. The van der Waals surface area contributed by atoms with Crippen LogP contribution in [0.15, 0.2) is 30.3 Å². The van der Waals surface area contributed by atoms with Crippen LogP contribution in [0, 0.1) is 11.8 Å². The molecule has 4 heteroatoms. The fraction of sp³-hybridized carbons (Fsp3) is 0.429. The quantitative estimate of drug-likeness (QED) is 0.788. The predicted molar refractivity (Wildman–Crippen MR) is 66.8 cm³/mol. The van der Waals surface area contributed by atoms with Crippen molar-refractivity contribution in [1.29, 1.82) is 0 Å². The van der Waals surface area contributed by atoms with Crippen LogP contribution >= 0.6 is 0 Å². The number of aliphatic carboxylic acids is 1. The Bertz CT molecular complexity index is 398. The summed E-state index contributed by atoms with van der Waals surface area (Å²) in [6, 6.07) is 9.32. The lowest BCUT2D eigenvalue weighted by Gasteiger charge is -2.17. The Morgan fingerprint density at radius 1 is 1.22 bits per heavy atom. The van der Waals surface area contributed by atoms with Crippen LogP contribution in [-0.4, -0.2) is 17.0 Å². The smallest absolute Gasteiger partial charge is 0.310 e. The molecule has 0 aromatic heterocycles. The molecule has 18 heavy (non-hydrogen) atoms. The fourth-order valence-electron chi connectivity index (χ4n) is 1.62. The molecule has 0 saturated carbocycles. The van der Waals surface area contributed by atoms with Crippen LogP contribution in [0.5, 0.6) is 0 Å². The van der Waals surface area contributed by atoms with Crippen molar-refractivity contribution in [1.82, 2.24) is 0 Å². The highest BCUT2D eigenvalue weighted by Gasteiger charge is 2.26. The van der Waals surface area contributed by atoms with E-state index in [9.17, 15) is 9.59 Å². The molecule has 0 radical (unpaired) electrons. The van der Waals surface area contributed by atoms with E-state index in [2.05, 4.69) is 0 Å². The molecule has 98 valence electrons. The average Bonchev–Trinajstić information content (AvgIpc) is 2.34. The van der Waals surface area contributed by atoms with Crippen molar-refractivity contribution in [2.24, 2.45) is 11.8 Å². The fourth-order valence-corrected chi connectivity index (χ4v) is 1.62. The minimum absolute atomic E-state index is 0.0515. The van der Waals surface area contributed by atoms with Crippen molar-refractivity contribution in [2.75, 3.05) is 0 Å². The first-order valence-electron chi connectivity index (χ1n) is 5.93. The van der Waals surface area contributed by atoms with Gasteiger partial charge in [-0.05, 0) is 11.5 Å². The molecular weight excluding hydrogens is 232 g/mol. The number of carbonyl (C=O) groups excluding carboxylic acids is 1. The second-order valence-electron chi connectivity index (χ2n) is 4.54. The number of hydrogen-bond donors (Lipinski definition) is 1. The van der Waals surface area contributed by atoms with Crippen LogP contribution in [0.4, 0.5) is 0 Å². The van der Waals surface area contributed by atoms with Crippen LogP contribution in [-0.2, 0) is 20.9 Å². The first kappa shape index (κ1) is 14.2. The zero-order valence-electron chi connectivity index (χ0n) is 10.6. The summed E-state index contributed by atoms with van der Waals surface area (Å²) in [5.41, 5.74) is 0.892. The van der Waals surface area contributed by atoms with Crippen molar-refractivity contribution < 1.29 is 19.4 Å². The van der Waals surface area contributed by atoms with Gasteiger partial charge in [-0.25, -0.2) is 0 Å². The summed E-state index contributed by atoms with van der Waals surface area (Å²) >= 11 is 0. The maximum atomic E-state index is 11.8. The number of ether oxygens (including phenoxy) is 1. The minimum atomic E-state index is -0.981. The van der Waals surface area contributed by atoms with Gasteiger partial charge in [0.15, 0.2) is 0 Å². The van der Waals surface area contributed by atoms with Gasteiger partial charge in [0.2, 0.25) is 0 Å². The van der Waals surface area contributed by atoms with Gasteiger partial charge in [0.1, 0.15) is 6.61 Å². The number of carboxylic acids is 1. The molecule has 0 aliphatic heterocycles. The molecule has 0 aliphatic carbocycles. The predicted octanol–water partition coefficient (Wildman–Crippen LogP) is 2.48. The summed E-state index contributed by atoms with van der Waals surface area (Å²) in [5.74, 6) is -2.07. The molecule has 1 N–H and O–H groups in total. The normalized spacial score (nSPS) is 12.2. The van der Waals surface area contributed by atoms with Gasteiger partial charge in [0.25, 0.3) is 0 Å². The molecular formula is C14H18O4. The van der Waals surface area contributed by atoms with Crippen LogP contribution in [0.25, 0.3) is 0 Å². The number of esters is 1. The van der Waals surface area contributed by atoms with E-state index >= 15 is 0 Å². The maximum Gasteiger partial charge on any atom is 0.310 e. The Labute approximate surface area is 107 Å². The van der Waals surface area contributed by atoms with Crippen molar-refractivity contribution >= 4 is 11.9 Å². The highest BCUT2D eigenvalue weighted by molar-refractivity contribution is 5.79. The van der Waals surface area contributed by atoms with E-state index in [1.165, 1.54) is 0 Å². The molecule has 0 amide bonds. The van der Waals surface area contributed by atoms with Crippen LogP contribution in [0.1, 0.15) is 25.8 Å². The van der Waals surface area contributed by atoms with Crippen LogP contribution in [0.2, 0.25) is 0 Å². The van der Waals surface area contributed by atoms with Gasteiger partial charge >= 0.3 is 11.9 Å². The van der Waals surface area contributed by atoms with E-state index < -0.39 is 17.9 Å². The topological polar surface area (TPSA) is 63.6 Å². The first-order valence-corrected chi connectivity index (χ1v) is 5.93. The number of benzene rings is 1. The van der Waals surface area contributed by atoms with E-state index in [4.69, 9.17) is 9.84 Å². The molecule has 1 aromatic rings. The molecule has 0 heterocycles. The molecule has 0 fully saturated rings. The van der Waals surface area contributed by atoms with Crippen molar-refractivity contribution in [3.63, 3.8) is 0 Å². The average molecular weight is 250 g/mol. The number of hydrogen-bond acceptors (Lipinski definition) is 3. The SMILES string of the molecule is CC(C)C(CC(=O)O)C(=O)OCc1ccccc1. The second-order valence-corrected chi connectivity index (χ2v) is 4.54. The third-order valence-electron chi connectivity index (χ3n) is 2.73. The van der Waals surface area contributed by atoms with Gasteiger partial charge in [0.05, 0.1) is 12.3 Å². The highest BCUT2D eigenvalue weighted by atomic mass is 16.5. The summed E-state index contributed by atoms with van der Waals surface area (Å²) < 4.78 is 5.15. The van der Waals surface area contributed by atoms with Crippen molar-refractivity contribution in [3.05, 3.63) is 35.9 Å². The highest BCUT2D eigenvalue weighted by Crippen LogP contribution is 2.18. The largest absolute Gasteiger partial charge is 0.481 e. The van der Waals surface area contributed by atoms with Crippen LogP contribution in [0.3, 0.4) is 0 Å². The Balaban J connectivity index is 2.54. The summed E-state index contributed by atoms with van der Waals surface area (Å²) in [6.45, 7) is 3.82. The third kappa shape index (κ3) is 4.57. The Morgan fingerprint density at radius 2 is 1.83 bits per heavy atom. The van der Waals surface area contributed by atoms with E-state index in [1.54, 1.807) is 0 Å². The zero-order chi connectivity index (χ0) is 13.5. The molecule has 0 bridgehead atoms. The molecule has 0 spiro atoms. The summed E-state index contributed by atoms with van der Waals surface area (Å²) in [7, 11) is 0. The molecule has 0 saturated heterocycles. The number of carboxylic acid groups (broad SMARTS) is 1. The van der Waals surface area contributed by atoms with E-state index in [-0.39, 0.29) is 18.9 Å². The van der Waals surface area contributed by atoms with Crippen LogP contribution < -0.4 is 0 Å². The van der Waals surface area contributed by atoms with Gasteiger partial charge in [0, 0.05) is 0 Å². The van der Waals surface area contributed by atoms with Gasteiger partial charge in [-0.15, -0.1) is 0 Å². The molecule has 4 nitrogen and oxygen atoms in total. The lowest BCUT2D eigenvalue weighted by molar-refractivity contribution is -0.155. The van der Waals surface area contributed by atoms with Gasteiger partial charge < -0.3 is 9.84 Å². The van der Waals surface area contributed by atoms with Gasteiger partial charge in [-0.1, -0.05) is 44.2 Å². The van der Waals surface area contributed by atoms with E-state index in [0.29, 0.717) is 0 Å². The standard InChI is InChI=1S/C14H18O4/c1-10(2)12(8-13(15)16)14(17)18-9-11-6-4-3-5-7-11/h3-7,10,12H,8-9H2,1-2H3,(H,15,16). The Morgan fingerprint density at radius 3 is 2.33 bits per heavy atom. The first-order chi connectivity index (χ1) is 8.50.